The molecule has 2 aromatic heterocycles. The number of halogens is 4. The summed E-state index contributed by atoms with van der Waals surface area (Å²) in [7, 11) is 0. The van der Waals surface area contributed by atoms with Crippen LogP contribution in [0.25, 0.3) is 21.8 Å². The molecule has 2 heterocycles. The van der Waals surface area contributed by atoms with Gasteiger partial charge in [-0.15, -0.1) is 0 Å². The van der Waals surface area contributed by atoms with Crippen LogP contribution in [0.1, 0.15) is 13.8 Å². The van der Waals surface area contributed by atoms with E-state index >= 15 is 0 Å². The van der Waals surface area contributed by atoms with Crippen LogP contribution in [0.15, 0.2) is 66.7 Å². The number of aromatic hydroxyl groups is 2. The standard InChI is InChI=1S/2C9H5Br2NO.C3H8O.O.V/c2*10-6-4-7(11)9(13)8-5(6)2-1-3-12-8;1-3(2)4;;/h2*1-4,13H;3-4H,1-2H3;;. The minimum atomic E-state index is -0.167. The van der Waals surface area contributed by atoms with Gasteiger partial charge < -0.3 is 15.3 Å². The molecule has 4 aromatic rings. The topological polar surface area (TPSA) is 104 Å². The molecule has 0 fully saturated rings. The maximum absolute atomic E-state index is 9.65. The molecule has 0 aliphatic rings. The first-order valence-electron chi connectivity index (χ1n) is 8.83. The summed E-state index contributed by atoms with van der Waals surface area (Å²) in [6.07, 6.45) is 3.14. The first-order valence-corrected chi connectivity index (χ1v) is 12.6. The normalized spacial score (nSPS) is 9.84. The number of phenolic OH excluding ortho intramolecular Hbond substituents is 2. The van der Waals surface area contributed by atoms with Crippen molar-refractivity contribution in [1.82, 2.24) is 9.97 Å². The van der Waals surface area contributed by atoms with Gasteiger partial charge in [0.15, 0.2) is 11.5 Å². The van der Waals surface area contributed by atoms with Gasteiger partial charge in [-0.25, -0.2) is 0 Å². The Morgan fingerprint density at radius 3 is 1.38 bits per heavy atom. The first kappa shape index (κ1) is 29.2. The first-order chi connectivity index (χ1) is 15.1. The number of rotatable bonds is 0. The molecule has 0 amide bonds. The van der Waals surface area contributed by atoms with Crippen LogP contribution in [-0.4, -0.2) is 31.4 Å². The van der Waals surface area contributed by atoms with E-state index in [4.69, 9.17) is 8.78 Å². The maximum atomic E-state index is 9.65. The van der Waals surface area contributed by atoms with Gasteiger partial charge in [-0.05, 0) is 70.0 Å². The second-order valence-corrected chi connectivity index (χ2v) is 9.69. The summed E-state index contributed by atoms with van der Waals surface area (Å²) in [5.74, 6) is 0.359. The van der Waals surface area contributed by atoms with E-state index in [2.05, 4.69) is 73.7 Å². The van der Waals surface area contributed by atoms with Crippen LogP contribution in [0.5, 0.6) is 11.5 Å². The van der Waals surface area contributed by atoms with Gasteiger partial charge in [0.1, 0.15) is 11.0 Å². The Labute approximate surface area is 228 Å². The van der Waals surface area contributed by atoms with Gasteiger partial charge in [-0.2, -0.15) is 0 Å². The van der Waals surface area contributed by atoms with E-state index in [1.54, 1.807) is 38.4 Å². The predicted molar refractivity (Wildman–Crippen MR) is 136 cm³/mol. The number of pyridine rings is 2. The Morgan fingerprint density at radius 2 is 1.06 bits per heavy atom. The molecule has 0 aliphatic heterocycles. The molecule has 0 unspecified atom stereocenters. The van der Waals surface area contributed by atoms with Crippen molar-refractivity contribution in [3.8, 4) is 11.5 Å². The number of aliphatic hydroxyl groups excluding tert-OH is 1. The molecule has 0 saturated heterocycles. The third kappa shape index (κ3) is 8.16. The molecular weight excluding hydrogens is 715 g/mol. The number of aliphatic hydroxyl groups is 1. The van der Waals surface area contributed by atoms with E-state index in [0.29, 0.717) is 20.0 Å². The van der Waals surface area contributed by atoms with Gasteiger partial charge in [-0.3, -0.25) is 9.97 Å². The van der Waals surface area contributed by atoms with Crippen LogP contribution in [-0.2, 0) is 21.0 Å². The molecule has 0 atom stereocenters. The summed E-state index contributed by atoms with van der Waals surface area (Å²) in [5.41, 5.74) is 1.20. The van der Waals surface area contributed by atoms with Crippen molar-refractivity contribution in [3.63, 3.8) is 0 Å². The van der Waals surface area contributed by atoms with Gasteiger partial charge in [-0.1, -0.05) is 44.0 Å². The molecular formula is C21H18Br4N2O4V. The van der Waals surface area contributed by atoms with E-state index in [0.717, 1.165) is 37.1 Å². The van der Waals surface area contributed by atoms with Crippen LogP contribution in [0.4, 0.5) is 0 Å². The number of nitrogens with zero attached hydrogens (tertiary/aromatic N) is 2. The number of hydrogen-bond donors (Lipinski definition) is 3. The van der Waals surface area contributed by atoms with Gasteiger partial charge in [0.2, 0.25) is 0 Å². The van der Waals surface area contributed by atoms with E-state index in [1.165, 1.54) is 0 Å². The van der Waals surface area contributed by atoms with Crippen LogP contribution in [0, 0.1) is 0 Å². The molecule has 169 valence electrons. The van der Waals surface area contributed by atoms with Crippen molar-refractivity contribution in [1.29, 1.82) is 0 Å². The minimum absolute atomic E-state index is 0.167. The summed E-state index contributed by atoms with van der Waals surface area (Å²) >= 11 is 14.4. The molecule has 0 radical (unpaired) electrons. The molecule has 4 rings (SSSR count). The zero-order valence-corrected chi connectivity index (χ0v) is 24.5. The van der Waals surface area contributed by atoms with Gasteiger partial charge in [0.25, 0.3) is 0 Å². The SMILES string of the molecule is CC(C)O.Oc1c(Br)cc(Br)c2cccnc12.Oc1c(Br)cc(Br)c2cccnc12.[O]=[V]. The molecule has 6 nitrogen and oxygen atoms in total. The average molecular weight is 733 g/mol. The van der Waals surface area contributed by atoms with Gasteiger partial charge in [0.05, 0.1) is 8.95 Å². The summed E-state index contributed by atoms with van der Waals surface area (Å²) < 4.78 is 11.3. The molecule has 11 heteroatoms. The Kier molecular flexibility index (Phi) is 13.1. The van der Waals surface area contributed by atoms with E-state index in [9.17, 15) is 10.2 Å². The fourth-order valence-electron chi connectivity index (χ4n) is 2.31. The Balaban J connectivity index is 0.000000258. The second kappa shape index (κ2) is 14.4. The molecule has 0 bridgehead atoms. The fraction of sp³-hybridized carbons (Fsp3) is 0.143. The summed E-state index contributed by atoms with van der Waals surface area (Å²) in [6.45, 7) is 3.44. The summed E-state index contributed by atoms with van der Waals surface area (Å²) in [6, 6.07) is 11.1. The fourth-order valence-corrected chi connectivity index (χ4v) is 4.86. The third-order valence-corrected chi connectivity index (χ3v) is 6.06. The molecule has 3 N–H and O–H groups in total. The Morgan fingerprint density at radius 1 is 0.750 bits per heavy atom. The molecule has 0 saturated carbocycles. The molecule has 2 aromatic carbocycles. The predicted octanol–water partition coefficient (Wildman–Crippen LogP) is 7.20. The number of fused-ring (bicyclic) bond motifs is 2. The average Bonchev–Trinajstić information content (AvgIpc) is 2.77. The van der Waals surface area contributed by atoms with Crippen molar-refractivity contribution < 1.29 is 36.4 Å². The van der Waals surface area contributed by atoms with Crippen LogP contribution >= 0.6 is 63.7 Å². The molecule has 0 aliphatic carbocycles. The number of benzene rings is 2. The Bertz CT molecular complexity index is 1100. The van der Waals surface area contributed by atoms with Crippen LogP contribution in [0.2, 0.25) is 0 Å². The zero-order valence-electron chi connectivity index (χ0n) is 16.8. The van der Waals surface area contributed by atoms with Crippen molar-refractivity contribution in [2.24, 2.45) is 0 Å². The van der Waals surface area contributed by atoms with Gasteiger partial charge >= 0.3 is 21.0 Å². The quantitative estimate of drug-likeness (QED) is 0.177. The number of phenols is 2. The van der Waals surface area contributed by atoms with E-state index in [-0.39, 0.29) is 17.6 Å². The summed E-state index contributed by atoms with van der Waals surface area (Å²) in [4.78, 5) is 8.18. The van der Waals surface area contributed by atoms with Crippen LogP contribution in [0.3, 0.4) is 0 Å². The van der Waals surface area contributed by atoms with Crippen LogP contribution < -0.4 is 0 Å². The van der Waals surface area contributed by atoms with E-state index in [1.807, 2.05) is 24.3 Å². The van der Waals surface area contributed by atoms with Crippen molar-refractivity contribution >= 4 is 85.5 Å². The van der Waals surface area contributed by atoms with E-state index < -0.39 is 0 Å². The number of hydrogen-bond acceptors (Lipinski definition) is 6. The third-order valence-electron chi connectivity index (χ3n) is 3.54. The monoisotopic (exact) mass is 729 g/mol. The zero-order chi connectivity index (χ0) is 24.4. The van der Waals surface area contributed by atoms with Crippen molar-refractivity contribution in [3.05, 3.63) is 66.7 Å². The summed E-state index contributed by atoms with van der Waals surface area (Å²) in [5, 5.41) is 29.2. The molecule has 32 heavy (non-hydrogen) atoms. The second-order valence-electron chi connectivity index (χ2n) is 6.27. The van der Waals surface area contributed by atoms with Crippen molar-refractivity contribution in [2.75, 3.05) is 0 Å². The molecule has 0 spiro atoms. The van der Waals surface area contributed by atoms with Gasteiger partial charge in [0, 0.05) is 38.2 Å². The van der Waals surface area contributed by atoms with Crippen molar-refractivity contribution in [2.45, 2.75) is 20.0 Å². The number of aromatic nitrogens is 2. The Hall–Kier alpha value is -0.876.